The summed E-state index contributed by atoms with van der Waals surface area (Å²) in [6.45, 7) is 10.1. The van der Waals surface area contributed by atoms with Crippen molar-refractivity contribution in [3.05, 3.63) is 58.2 Å². The number of benzene rings is 1. The van der Waals surface area contributed by atoms with Crippen molar-refractivity contribution < 1.29 is 15.7 Å². The van der Waals surface area contributed by atoms with Crippen LogP contribution in [0.2, 0.25) is 0 Å². The normalized spacial score (nSPS) is 10.3. The van der Waals surface area contributed by atoms with E-state index in [2.05, 4.69) is 13.2 Å². The van der Waals surface area contributed by atoms with Gasteiger partial charge in [0.15, 0.2) is 0 Å². The Morgan fingerprint density at radius 1 is 0.947 bits per heavy atom. The van der Waals surface area contributed by atoms with Crippen molar-refractivity contribution in [1.82, 2.24) is 0 Å². The summed E-state index contributed by atoms with van der Waals surface area (Å²) < 4.78 is 11.2. The molecule has 0 saturated carbocycles. The fraction of sp³-hybridized carbons (Fsp3) is 0.143. The van der Waals surface area contributed by atoms with E-state index in [4.69, 9.17) is 6.13 Å². The molecular weight excluding hydrogens is 359 g/mol. The van der Waals surface area contributed by atoms with Crippen LogP contribution in [0.1, 0.15) is 13.8 Å². The first-order valence-corrected chi connectivity index (χ1v) is 8.27. The molecule has 0 N–H and O–H groups in total. The van der Waals surface area contributed by atoms with Crippen LogP contribution in [-0.2, 0) is 15.7 Å². The zero-order valence-electron chi connectivity index (χ0n) is 10.8. The predicted octanol–water partition coefficient (Wildman–Crippen LogP) is 3.43. The van der Waals surface area contributed by atoms with Gasteiger partial charge in [0.1, 0.15) is 0 Å². The fourth-order valence-corrected chi connectivity index (χ4v) is 3.96. The van der Waals surface area contributed by atoms with Gasteiger partial charge in [-0.05, 0) is 0 Å². The third kappa shape index (κ3) is 4.86. The van der Waals surface area contributed by atoms with Crippen LogP contribution >= 0.6 is 20.6 Å². The van der Waals surface area contributed by atoms with Crippen molar-refractivity contribution in [2.75, 3.05) is 0 Å². The molecule has 19 heavy (non-hydrogen) atoms. The maximum atomic E-state index is 11.6. The van der Waals surface area contributed by atoms with E-state index in [-0.39, 0.29) is 11.1 Å². The summed E-state index contributed by atoms with van der Waals surface area (Å²) in [5.74, 6) is -1.10. The Morgan fingerprint density at radius 3 is 1.74 bits per heavy atom. The van der Waals surface area contributed by atoms with E-state index in [1.54, 1.807) is 38.1 Å². The molecule has 1 rings (SSSR count). The van der Waals surface area contributed by atoms with Crippen LogP contribution in [0.5, 0.6) is 0 Å². The number of rotatable bonds is 5. The van der Waals surface area contributed by atoms with E-state index in [9.17, 15) is 9.59 Å². The van der Waals surface area contributed by atoms with Crippen molar-refractivity contribution in [2.24, 2.45) is 0 Å². The van der Waals surface area contributed by atoms with E-state index >= 15 is 0 Å². The van der Waals surface area contributed by atoms with E-state index in [0.717, 1.165) is 3.57 Å². The predicted molar refractivity (Wildman–Crippen MR) is 81.0 cm³/mol. The second kappa shape index (κ2) is 7.08. The Bertz CT molecular complexity index is 479. The van der Waals surface area contributed by atoms with Crippen LogP contribution in [-0.4, -0.2) is 11.9 Å². The molecule has 1 aromatic carbocycles. The molecule has 0 heterocycles. The summed E-state index contributed by atoms with van der Waals surface area (Å²) in [7, 11) is 0. The summed E-state index contributed by atoms with van der Waals surface area (Å²) in [6, 6.07) is 8.95. The molecular formula is C14H15IO4. The van der Waals surface area contributed by atoms with Crippen LogP contribution < -0.4 is 0 Å². The first kappa shape index (κ1) is 15.4. The van der Waals surface area contributed by atoms with Gasteiger partial charge in [-0.2, -0.15) is 0 Å². The third-order valence-electron chi connectivity index (χ3n) is 1.89. The van der Waals surface area contributed by atoms with Gasteiger partial charge < -0.3 is 0 Å². The monoisotopic (exact) mass is 374 g/mol. The van der Waals surface area contributed by atoms with Crippen LogP contribution in [0.4, 0.5) is 0 Å². The first-order chi connectivity index (χ1) is 8.91. The second-order valence-corrected chi connectivity index (χ2v) is 7.17. The summed E-state index contributed by atoms with van der Waals surface area (Å²) in [5.41, 5.74) is 0.536. The Kier molecular flexibility index (Phi) is 5.75. The summed E-state index contributed by atoms with van der Waals surface area (Å²) >= 11 is -2.84. The van der Waals surface area contributed by atoms with Crippen molar-refractivity contribution in [1.29, 1.82) is 0 Å². The van der Waals surface area contributed by atoms with Crippen molar-refractivity contribution in [3.8, 4) is 0 Å². The molecule has 4 nitrogen and oxygen atoms in total. The van der Waals surface area contributed by atoms with Crippen LogP contribution in [0.25, 0.3) is 0 Å². The van der Waals surface area contributed by atoms with Gasteiger partial charge >= 0.3 is 120 Å². The summed E-state index contributed by atoms with van der Waals surface area (Å²) in [6.07, 6.45) is 0. The minimum absolute atomic E-state index is 0.268. The van der Waals surface area contributed by atoms with Crippen molar-refractivity contribution >= 4 is 32.6 Å². The fourth-order valence-electron chi connectivity index (χ4n) is 0.881. The summed E-state index contributed by atoms with van der Waals surface area (Å²) in [5, 5.41) is 0. The van der Waals surface area contributed by atoms with E-state index in [1.807, 2.05) is 6.07 Å². The number of carbonyl (C=O) groups is 2. The SMILES string of the molecule is C=C(C)C(=O)OI(OC(=O)C(=C)C)c1ccccc1. The average molecular weight is 374 g/mol. The van der Waals surface area contributed by atoms with Crippen molar-refractivity contribution in [3.63, 3.8) is 0 Å². The summed E-state index contributed by atoms with van der Waals surface area (Å²) in [4.78, 5) is 23.2. The van der Waals surface area contributed by atoms with Gasteiger partial charge in [-0.25, -0.2) is 0 Å². The van der Waals surface area contributed by atoms with Crippen LogP contribution in [0, 0.1) is 3.57 Å². The molecule has 0 amide bonds. The number of carbonyl (C=O) groups excluding carboxylic acids is 2. The quantitative estimate of drug-likeness (QED) is 0.586. The molecule has 0 aromatic heterocycles. The molecule has 0 unspecified atom stereocenters. The molecule has 5 heteroatoms. The van der Waals surface area contributed by atoms with Gasteiger partial charge in [0.2, 0.25) is 0 Å². The second-order valence-electron chi connectivity index (χ2n) is 3.80. The van der Waals surface area contributed by atoms with Crippen LogP contribution in [0.3, 0.4) is 0 Å². The molecule has 102 valence electrons. The van der Waals surface area contributed by atoms with Gasteiger partial charge in [-0.3, -0.25) is 0 Å². The minimum atomic E-state index is -2.84. The van der Waals surface area contributed by atoms with Gasteiger partial charge in [-0.15, -0.1) is 0 Å². The van der Waals surface area contributed by atoms with Crippen LogP contribution in [0.15, 0.2) is 54.6 Å². The average Bonchev–Trinajstić information content (AvgIpc) is 2.38. The molecule has 0 atom stereocenters. The molecule has 0 radical (unpaired) electrons. The number of hydrogen-bond donors (Lipinski definition) is 0. The molecule has 0 aliphatic heterocycles. The maximum absolute atomic E-state index is 11.6. The first-order valence-electron chi connectivity index (χ1n) is 5.43. The molecule has 0 aliphatic rings. The standard InChI is InChI=1S/C14H15IO4/c1-10(2)13(16)18-15(19-14(17)11(3)4)12-8-6-5-7-9-12/h5-9H,1,3H2,2,4H3. The number of hydrogen-bond acceptors (Lipinski definition) is 4. The Hall–Kier alpha value is -1.63. The zero-order valence-corrected chi connectivity index (χ0v) is 13.0. The van der Waals surface area contributed by atoms with Gasteiger partial charge in [-0.1, -0.05) is 0 Å². The zero-order chi connectivity index (χ0) is 14.4. The Morgan fingerprint density at radius 2 is 1.37 bits per heavy atom. The van der Waals surface area contributed by atoms with Gasteiger partial charge in [0.25, 0.3) is 0 Å². The van der Waals surface area contributed by atoms with E-state index in [1.165, 1.54) is 0 Å². The molecule has 1 aromatic rings. The molecule has 0 saturated heterocycles. The molecule has 0 bridgehead atoms. The van der Waals surface area contributed by atoms with Gasteiger partial charge in [0, 0.05) is 0 Å². The molecule has 0 fully saturated rings. The topological polar surface area (TPSA) is 52.6 Å². The van der Waals surface area contributed by atoms with E-state index < -0.39 is 32.6 Å². The molecule has 0 spiro atoms. The molecule has 0 aliphatic carbocycles. The number of halogens is 1. The van der Waals surface area contributed by atoms with E-state index in [0.29, 0.717) is 0 Å². The van der Waals surface area contributed by atoms with Gasteiger partial charge in [0.05, 0.1) is 0 Å². The van der Waals surface area contributed by atoms with Crippen molar-refractivity contribution in [2.45, 2.75) is 13.8 Å². The third-order valence-corrected chi connectivity index (χ3v) is 5.22. The Labute approximate surface area is 120 Å². The Balaban J connectivity index is 2.91.